The Morgan fingerprint density at radius 3 is 2.43 bits per heavy atom. The summed E-state index contributed by atoms with van der Waals surface area (Å²) in [5.41, 5.74) is 3.35. The van der Waals surface area contributed by atoms with Crippen LogP contribution in [0.1, 0.15) is 11.1 Å². The van der Waals surface area contributed by atoms with E-state index in [0.717, 1.165) is 5.71 Å². The predicted molar refractivity (Wildman–Crippen MR) is 63.8 cm³/mol. The molecule has 0 saturated carbocycles. The van der Waals surface area contributed by atoms with Crippen LogP contribution in [0.3, 0.4) is 0 Å². The molecule has 0 fully saturated rings. The van der Waals surface area contributed by atoms with Crippen molar-refractivity contribution < 1.29 is 0 Å². The summed E-state index contributed by atoms with van der Waals surface area (Å²) in [4.78, 5) is 4.05. The maximum absolute atomic E-state index is 4.05. The second-order valence-corrected chi connectivity index (χ2v) is 3.10. The molecule has 0 aromatic heterocycles. The SMILES string of the molecule is C=CC(/C=C/c1ccc(C)cc1)=NC. The molecule has 0 spiro atoms. The summed E-state index contributed by atoms with van der Waals surface area (Å²) < 4.78 is 0. The fourth-order valence-electron chi connectivity index (χ4n) is 1.09. The van der Waals surface area contributed by atoms with Crippen LogP contribution in [0, 0.1) is 6.92 Å². The van der Waals surface area contributed by atoms with E-state index in [2.05, 4.69) is 42.8 Å². The zero-order valence-corrected chi connectivity index (χ0v) is 8.70. The van der Waals surface area contributed by atoms with Crippen LogP contribution >= 0.6 is 0 Å². The first-order valence-corrected chi connectivity index (χ1v) is 4.60. The van der Waals surface area contributed by atoms with Crippen LogP contribution in [0.25, 0.3) is 6.08 Å². The summed E-state index contributed by atoms with van der Waals surface area (Å²) in [5, 5.41) is 0. The van der Waals surface area contributed by atoms with E-state index in [1.54, 1.807) is 13.1 Å². The number of aryl methyl sites for hydroxylation is 1. The van der Waals surface area contributed by atoms with Crippen LogP contribution in [-0.2, 0) is 0 Å². The highest BCUT2D eigenvalue weighted by atomic mass is 14.7. The number of nitrogens with zero attached hydrogens (tertiary/aromatic N) is 1. The minimum absolute atomic E-state index is 0.894. The van der Waals surface area contributed by atoms with Crippen molar-refractivity contribution in [2.45, 2.75) is 6.92 Å². The lowest BCUT2D eigenvalue weighted by atomic mass is 10.1. The molecule has 0 bridgehead atoms. The van der Waals surface area contributed by atoms with E-state index in [1.807, 2.05) is 12.2 Å². The van der Waals surface area contributed by atoms with E-state index in [9.17, 15) is 0 Å². The Morgan fingerprint density at radius 2 is 1.93 bits per heavy atom. The normalized spacial score (nSPS) is 12.0. The van der Waals surface area contributed by atoms with Crippen LogP contribution in [0.2, 0.25) is 0 Å². The average molecular weight is 185 g/mol. The van der Waals surface area contributed by atoms with Crippen LogP contribution in [0.4, 0.5) is 0 Å². The Hall–Kier alpha value is -1.63. The monoisotopic (exact) mass is 185 g/mol. The fraction of sp³-hybridized carbons (Fsp3) is 0.154. The first kappa shape index (κ1) is 10.5. The third-order valence-electron chi connectivity index (χ3n) is 1.99. The van der Waals surface area contributed by atoms with Crippen molar-refractivity contribution in [3.63, 3.8) is 0 Å². The van der Waals surface area contributed by atoms with Gasteiger partial charge in [0.2, 0.25) is 0 Å². The molecule has 1 nitrogen and oxygen atoms in total. The molecule has 0 radical (unpaired) electrons. The molecule has 1 heteroatoms. The zero-order chi connectivity index (χ0) is 10.4. The van der Waals surface area contributed by atoms with Crippen LogP contribution in [-0.4, -0.2) is 12.8 Å². The van der Waals surface area contributed by atoms with E-state index < -0.39 is 0 Å². The van der Waals surface area contributed by atoms with Gasteiger partial charge in [-0.25, -0.2) is 0 Å². The minimum atomic E-state index is 0.894. The van der Waals surface area contributed by atoms with Crippen molar-refractivity contribution in [2.75, 3.05) is 7.05 Å². The summed E-state index contributed by atoms with van der Waals surface area (Å²) in [7, 11) is 1.76. The molecule has 1 rings (SSSR count). The Balaban J connectivity index is 2.78. The molecular formula is C13H15N. The highest BCUT2D eigenvalue weighted by molar-refractivity contribution is 6.05. The van der Waals surface area contributed by atoms with Crippen molar-refractivity contribution in [3.8, 4) is 0 Å². The van der Waals surface area contributed by atoms with Gasteiger partial charge in [0, 0.05) is 7.05 Å². The van der Waals surface area contributed by atoms with E-state index in [1.165, 1.54) is 11.1 Å². The Kier molecular flexibility index (Phi) is 3.86. The Morgan fingerprint density at radius 1 is 1.29 bits per heavy atom. The molecule has 14 heavy (non-hydrogen) atoms. The van der Waals surface area contributed by atoms with Gasteiger partial charge in [0.25, 0.3) is 0 Å². The quantitative estimate of drug-likeness (QED) is 0.641. The van der Waals surface area contributed by atoms with Crippen LogP contribution in [0.15, 0.2) is 48.0 Å². The summed E-state index contributed by atoms with van der Waals surface area (Å²) >= 11 is 0. The number of rotatable bonds is 3. The van der Waals surface area contributed by atoms with Crippen LogP contribution in [0.5, 0.6) is 0 Å². The molecule has 0 amide bonds. The molecular weight excluding hydrogens is 170 g/mol. The second-order valence-electron chi connectivity index (χ2n) is 3.10. The van der Waals surface area contributed by atoms with Crippen molar-refractivity contribution in [1.82, 2.24) is 0 Å². The number of aliphatic imine (C=N–C) groups is 1. The Labute approximate surface area is 85.5 Å². The van der Waals surface area contributed by atoms with Crippen molar-refractivity contribution >= 4 is 11.8 Å². The number of hydrogen-bond donors (Lipinski definition) is 0. The van der Waals surface area contributed by atoms with Gasteiger partial charge in [-0.2, -0.15) is 0 Å². The lowest BCUT2D eigenvalue weighted by molar-refractivity contribution is 1.45. The molecule has 0 atom stereocenters. The largest absolute Gasteiger partial charge is 0.289 e. The fourth-order valence-corrected chi connectivity index (χ4v) is 1.09. The number of hydrogen-bond acceptors (Lipinski definition) is 1. The third-order valence-corrected chi connectivity index (χ3v) is 1.99. The first-order valence-electron chi connectivity index (χ1n) is 4.60. The minimum Gasteiger partial charge on any atom is -0.289 e. The molecule has 0 N–H and O–H groups in total. The molecule has 0 saturated heterocycles. The standard InChI is InChI=1S/C13H15N/c1-4-13(14-3)10-9-12-7-5-11(2)6-8-12/h4-10H,1H2,2-3H3/b10-9+,14-13?. The second kappa shape index (κ2) is 5.18. The molecule has 1 aromatic carbocycles. The lowest BCUT2D eigenvalue weighted by Gasteiger charge is -1.94. The highest BCUT2D eigenvalue weighted by Gasteiger charge is 1.87. The summed E-state index contributed by atoms with van der Waals surface area (Å²) in [6.07, 6.45) is 5.73. The number of allylic oxidation sites excluding steroid dienone is 2. The van der Waals surface area contributed by atoms with Gasteiger partial charge in [-0.3, -0.25) is 4.99 Å². The maximum atomic E-state index is 4.05. The van der Waals surface area contributed by atoms with Gasteiger partial charge < -0.3 is 0 Å². The van der Waals surface area contributed by atoms with Gasteiger partial charge in [-0.05, 0) is 24.6 Å². The molecule has 0 aliphatic rings. The summed E-state index contributed by atoms with van der Waals surface area (Å²) in [5.74, 6) is 0. The Bertz CT molecular complexity index is 355. The molecule has 72 valence electrons. The van der Waals surface area contributed by atoms with E-state index in [-0.39, 0.29) is 0 Å². The van der Waals surface area contributed by atoms with E-state index in [4.69, 9.17) is 0 Å². The first-order chi connectivity index (χ1) is 6.76. The molecule has 0 aliphatic heterocycles. The maximum Gasteiger partial charge on any atom is 0.0565 e. The van der Waals surface area contributed by atoms with Gasteiger partial charge in [0.1, 0.15) is 0 Å². The van der Waals surface area contributed by atoms with E-state index in [0.29, 0.717) is 0 Å². The summed E-state index contributed by atoms with van der Waals surface area (Å²) in [6.45, 7) is 5.76. The number of benzene rings is 1. The van der Waals surface area contributed by atoms with E-state index >= 15 is 0 Å². The van der Waals surface area contributed by atoms with Gasteiger partial charge in [-0.1, -0.05) is 42.5 Å². The molecule has 0 unspecified atom stereocenters. The zero-order valence-electron chi connectivity index (χ0n) is 8.70. The molecule has 1 aromatic rings. The van der Waals surface area contributed by atoms with Gasteiger partial charge in [-0.15, -0.1) is 0 Å². The van der Waals surface area contributed by atoms with Crippen molar-refractivity contribution in [1.29, 1.82) is 0 Å². The topological polar surface area (TPSA) is 12.4 Å². The molecule has 0 heterocycles. The highest BCUT2D eigenvalue weighted by Crippen LogP contribution is 2.05. The lowest BCUT2D eigenvalue weighted by Crippen LogP contribution is -1.84. The van der Waals surface area contributed by atoms with Gasteiger partial charge in [0.05, 0.1) is 5.71 Å². The summed E-state index contributed by atoms with van der Waals surface area (Å²) in [6, 6.07) is 8.36. The predicted octanol–water partition coefficient (Wildman–Crippen LogP) is 3.27. The third kappa shape index (κ3) is 3.02. The van der Waals surface area contributed by atoms with Crippen LogP contribution < -0.4 is 0 Å². The van der Waals surface area contributed by atoms with Gasteiger partial charge >= 0.3 is 0 Å². The van der Waals surface area contributed by atoms with Gasteiger partial charge in [0.15, 0.2) is 0 Å². The smallest absolute Gasteiger partial charge is 0.0565 e. The van der Waals surface area contributed by atoms with Crippen molar-refractivity contribution in [2.24, 2.45) is 4.99 Å². The molecule has 0 aliphatic carbocycles. The van der Waals surface area contributed by atoms with Crippen molar-refractivity contribution in [3.05, 3.63) is 54.1 Å². The average Bonchev–Trinajstić information content (AvgIpc) is 2.22.